The van der Waals surface area contributed by atoms with Crippen LogP contribution >= 0.6 is 0 Å². The van der Waals surface area contributed by atoms with Crippen LogP contribution in [-0.4, -0.2) is 6.54 Å². The summed E-state index contributed by atoms with van der Waals surface area (Å²) in [5.41, 5.74) is 6.40. The molecule has 2 aromatic carbocycles. The van der Waals surface area contributed by atoms with Crippen molar-refractivity contribution in [1.29, 1.82) is 0 Å². The molecular formula is C19H23N. The van der Waals surface area contributed by atoms with Gasteiger partial charge in [0.15, 0.2) is 0 Å². The standard InChI is InChI=1S/C19H23N/c1-2-11-20-18-8-4-6-15-16-7-3-5-13-9-10-14(19(13)16)12-17(15)18/h3,5,7,12,18,20H,2,4,6,8-11H2,1H3. The Balaban J connectivity index is 1.89. The molecule has 0 amide bonds. The van der Waals surface area contributed by atoms with Gasteiger partial charge in [-0.05, 0) is 78.1 Å². The molecule has 1 unspecified atom stereocenters. The Morgan fingerprint density at radius 2 is 2.05 bits per heavy atom. The fourth-order valence-electron chi connectivity index (χ4n) is 4.17. The van der Waals surface area contributed by atoms with Gasteiger partial charge < -0.3 is 5.32 Å². The molecule has 0 heterocycles. The molecule has 0 spiro atoms. The number of hydrogen-bond donors (Lipinski definition) is 1. The van der Waals surface area contributed by atoms with Gasteiger partial charge in [-0.2, -0.15) is 0 Å². The van der Waals surface area contributed by atoms with Gasteiger partial charge in [-0.3, -0.25) is 0 Å². The number of rotatable bonds is 3. The van der Waals surface area contributed by atoms with Crippen molar-refractivity contribution in [3.05, 3.63) is 46.5 Å². The number of aryl methyl sites for hydroxylation is 3. The minimum absolute atomic E-state index is 0.587. The third-order valence-corrected chi connectivity index (χ3v) is 5.07. The molecule has 2 aliphatic carbocycles. The topological polar surface area (TPSA) is 12.0 Å². The first kappa shape index (κ1) is 12.4. The first-order valence-electron chi connectivity index (χ1n) is 8.18. The molecular weight excluding hydrogens is 242 g/mol. The van der Waals surface area contributed by atoms with E-state index in [1.54, 1.807) is 33.0 Å². The molecule has 2 aliphatic rings. The molecule has 0 radical (unpaired) electrons. The minimum atomic E-state index is 0.587. The molecule has 0 saturated carbocycles. The minimum Gasteiger partial charge on any atom is -0.310 e. The van der Waals surface area contributed by atoms with Crippen LogP contribution in [-0.2, 0) is 19.3 Å². The normalized spacial score (nSPS) is 20.4. The summed E-state index contributed by atoms with van der Waals surface area (Å²) in [6, 6.07) is 10.1. The highest BCUT2D eigenvalue weighted by Gasteiger charge is 2.25. The second-order valence-corrected chi connectivity index (χ2v) is 6.34. The number of hydrogen-bond acceptors (Lipinski definition) is 1. The molecule has 0 aromatic heterocycles. The fraction of sp³-hybridized carbons (Fsp3) is 0.474. The van der Waals surface area contributed by atoms with Crippen molar-refractivity contribution >= 4 is 10.8 Å². The van der Waals surface area contributed by atoms with E-state index in [0.717, 1.165) is 6.54 Å². The maximum atomic E-state index is 3.76. The van der Waals surface area contributed by atoms with E-state index in [-0.39, 0.29) is 0 Å². The summed E-state index contributed by atoms with van der Waals surface area (Å²) < 4.78 is 0. The van der Waals surface area contributed by atoms with Gasteiger partial charge in [-0.25, -0.2) is 0 Å². The van der Waals surface area contributed by atoms with Crippen LogP contribution in [0.5, 0.6) is 0 Å². The van der Waals surface area contributed by atoms with Crippen LogP contribution in [0.4, 0.5) is 0 Å². The van der Waals surface area contributed by atoms with Gasteiger partial charge in [0.05, 0.1) is 0 Å². The van der Waals surface area contributed by atoms with Gasteiger partial charge >= 0.3 is 0 Å². The van der Waals surface area contributed by atoms with Crippen LogP contribution in [0, 0.1) is 0 Å². The highest BCUT2D eigenvalue weighted by molar-refractivity contribution is 5.94. The van der Waals surface area contributed by atoms with Crippen LogP contribution in [0.3, 0.4) is 0 Å². The third kappa shape index (κ3) is 1.80. The van der Waals surface area contributed by atoms with E-state index in [9.17, 15) is 0 Å². The van der Waals surface area contributed by atoms with Gasteiger partial charge in [-0.15, -0.1) is 0 Å². The largest absolute Gasteiger partial charge is 0.310 e. The van der Waals surface area contributed by atoms with Gasteiger partial charge in [0, 0.05) is 6.04 Å². The van der Waals surface area contributed by atoms with Gasteiger partial charge in [0.25, 0.3) is 0 Å². The highest BCUT2D eigenvalue weighted by Crippen LogP contribution is 2.40. The molecule has 20 heavy (non-hydrogen) atoms. The van der Waals surface area contributed by atoms with Crippen molar-refractivity contribution < 1.29 is 0 Å². The maximum absolute atomic E-state index is 3.76. The predicted molar refractivity (Wildman–Crippen MR) is 85.3 cm³/mol. The van der Waals surface area contributed by atoms with E-state index < -0.39 is 0 Å². The van der Waals surface area contributed by atoms with Gasteiger partial charge in [-0.1, -0.05) is 31.2 Å². The second-order valence-electron chi connectivity index (χ2n) is 6.34. The van der Waals surface area contributed by atoms with Crippen LogP contribution in [0.2, 0.25) is 0 Å². The highest BCUT2D eigenvalue weighted by atomic mass is 14.9. The third-order valence-electron chi connectivity index (χ3n) is 5.07. The van der Waals surface area contributed by atoms with Crippen molar-refractivity contribution in [1.82, 2.24) is 5.32 Å². The number of nitrogens with one attached hydrogen (secondary N) is 1. The molecule has 1 heteroatoms. The average Bonchev–Trinajstić information content (AvgIpc) is 2.90. The Morgan fingerprint density at radius 3 is 2.95 bits per heavy atom. The molecule has 0 bridgehead atoms. The van der Waals surface area contributed by atoms with Crippen molar-refractivity contribution in [3.8, 4) is 0 Å². The first-order valence-corrected chi connectivity index (χ1v) is 8.18. The summed E-state index contributed by atoms with van der Waals surface area (Å²) in [7, 11) is 0. The van der Waals surface area contributed by atoms with E-state index in [1.165, 1.54) is 38.5 Å². The molecule has 104 valence electrons. The molecule has 1 N–H and O–H groups in total. The SMILES string of the molecule is CCCNC1CCCc2c1cc1c3c(cccc23)CC1. The Morgan fingerprint density at radius 1 is 1.15 bits per heavy atom. The zero-order valence-corrected chi connectivity index (χ0v) is 12.3. The predicted octanol–water partition coefficient (Wildman–Crippen LogP) is 4.32. The van der Waals surface area contributed by atoms with E-state index in [1.807, 2.05) is 0 Å². The van der Waals surface area contributed by atoms with Gasteiger partial charge in [0.1, 0.15) is 0 Å². The molecule has 2 aromatic rings. The summed E-state index contributed by atoms with van der Waals surface area (Å²) >= 11 is 0. The summed E-state index contributed by atoms with van der Waals surface area (Å²) in [5, 5.41) is 6.90. The molecule has 0 aliphatic heterocycles. The number of benzene rings is 2. The summed E-state index contributed by atoms with van der Waals surface area (Å²) in [6.45, 7) is 3.39. The fourth-order valence-corrected chi connectivity index (χ4v) is 4.17. The summed E-state index contributed by atoms with van der Waals surface area (Å²) in [6.07, 6.45) is 7.59. The Hall–Kier alpha value is -1.34. The van der Waals surface area contributed by atoms with Gasteiger partial charge in [0.2, 0.25) is 0 Å². The van der Waals surface area contributed by atoms with E-state index in [0.29, 0.717) is 6.04 Å². The van der Waals surface area contributed by atoms with E-state index >= 15 is 0 Å². The Labute approximate surface area is 121 Å². The van der Waals surface area contributed by atoms with Crippen molar-refractivity contribution in [2.45, 2.75) is 51.5 Å². The van der Waals surface area contributed by atoms with Crippen molar-refractivity contribution in [2.75, 3.05) is 6.54 Å². The molecule has 0 fully saturated rings. The first-order chi connectivity index (χ1) is 9.88. The lowest BCUT2D eigenvalue weighted by atomic mass is 9.83. The number of fused-ring (bicyclic) bond motifs is 2. The Kier molecular flexibility index (Phi) is 3.03. The monoisotopic (exact) mass is 265 g/mol. The molecule has 1 nitrogen and oxygen atoms in total. The quantitative estimate of drug-likeness (QED) is 0.871. The lowest BCUT2D eigenvalue weighted by Crippen LogP contribution is -2.26. The zero-order chi connectivity index (χ0) is 13.5. The van der Waals surface area contributed by atoms with Crippen LogP contribution < -0.4 is 5.32 Å². The zero-order valence-electron chi connectivity index (χ0n) is 12.3. The Bertz CT molecular complexity index is 656. The van der Waals surface area contributed by atoms with Crippen molar-refractivity contribution in [2.24, 2.45) is 0 Å². The molecule has 0 saturated heterocycles. The maximum Gasteiger partial charge on any atom is 0.0323 e. The van der Waals surface area contributed by atoms with E-state index in [4.69, 9.17) is 0 Å². The average molecular weight is 265 g/mol. The van der Waals surface area contributed by atoms with Crippen molar-refractivity contribution in [3.63, 3.8) is 0 Å². The van der Waals surface area contributed by atoms with Crippen LogP contribution in [0.1, 0.15) is 54.5 Å². The van der Waals surface area contributed by atoms with E-state index in [2.05, 4.69) is 36.5 Å². The molecule has 1 atom stereocenters. The molecule has 4 rings (SSSR count). The van der Waals surface area contributed by atoms with Crippen LogP contribution in [0.25, 0.3) is 10.8 Å². The smallest absolute Gasteiger partial charge is 0.0323 e. The second kappa shape index (κ2) is 4.89. The van der Waals surface area contributed by atoms with Crippen LogP contribution in [0.15, 0.2) is 24.3 Å². The summed E-state index contributed by atoms with van der Waals surface area (Å²) in [4.78, 5) is 0. The summed E-state index contributed by atoms with van der Waals surface area (Å²) in [5.74, 6) is 0. The lowest BCUT2D eigenvalue weighted by molar-refractivity contribution is 0.461. The lowest BCUT2D eigenvalue weighted by Gasteiger charge is -2.28.